The minimum absolute atomic E-state index is 0.122. The minimum atomic E-state index is -0.353. The highest BCUT2D eigenvalue weighted by Crippen LogP contribution is 2.24. The van der Waals surface area contributed by atoms with Gasteiger partial charge in [-0.2, -0.15) is 0 Å². The summed E-state index contributed by atoms with van der Waals surface area (Å²) in [5.74, 6) is 0.356. The van der Waals surface area contributed by atoms with E-state index in [1.165, 1.54) is 6.33 Å². The summed E-state index contributed by atoms with van der Waals surface area (Å²) in [6.07, 6.45) is 2.93. The third-order valence-corrected chi connectivity index (χ3v) is 3.18. The molecule has 1 saturated heterocycles. The van der Waals surface area contributed by atoms with Crippen molar-refractivity contribution in [2.24, 2.45) is 11.7 Å². The van der Waals surface area contributed by atoms with Gasteiger partial charge >= 0.3 is 0 Å². The Morgan fingerprint density at radius 2 is 2.12 bits per heavy atom. The van der Waals surface area contributed by atoms with E-state index in [0.29, 0.717) is 24.6 Å². The molecular weight excluding hydrogens is 221 g/mol. The summed E-state index contributed by atoms with van der Waals surface area (Å²) in [5.41, 5.74) is 5.83. The lowest BCUT2D eigenvalue weighted by atomic mass is 9.96. The van der Waals surface area contributed by atoms with Gasteiger partial charge in [-0.1, -0.05) is 0 Å². The monoisotopic (exact) mass is 237 g/mol. The molecule has 0 unspecified atom stereocenters. The second-order valence-corrected chi connectivity index (χ2v) is 4.31. The van der Waals surface area contributed by atoms with Gasteiger partial charge in [0.15, 0.2) is 11.6 Å². The highest BCUT2D eigenvalue weighted by Gasteiger charge is 2.24. The van der Waals surface area contributed by atoms with Gasteiger partial charge in [-0.15, -0.1) is 0 Å². The van der Waals surface area contributed by atoms with Gasteiger partial charge in [0.25, 0.3) is 0 Å². The van der Waals surface area contributed by atoms with Crippen LogP contribution in [0.2, 0.25) is 0 Å². The second-order valence-electron chi connectivity index (χ2n) is 4.31. The van der Waals surface area contributed by atoms with Gasteiger partial charge in [-0.25, -0.2) is 14.4 Å². The largest absolute Gasteiger partial charge is 0.387 e. The molecule has 92 valence electrons. The number of rotatable bonds is 2. The molecule has 2 heterocycles. The van der Waals surface area contributed by atoms with Crippen LogP contribution in [0.1, 0.15) is 18.5 Å². The zero-order chi connectivity index (χ0) is 12.4. The van der Waals surface area contributed by atoms with E-state index in [2.05, 4.69) is 9.97 Å². The lowest BCUT2D eigenvalue weighted by Crippen LogP contribution is -2.39. The van der Waals surface area contributed by atoms with E-state index in [0.717, 1.165) is 12.8 Å². The molecule has 0 aromatic carbocycles. The summed E-state index contributed by atoms with van der Waals surface area (Å²) < 4.78 is 13.8. The van der Waals surface area contributed by atoms with Crippen molar-refractivity contribution in [2.45, 2.75) is 19.8 Å². The summed E-state index contributed by atoms with van der Waals surface area (Å²) in [6, 6.07) is 0. The number of halogens is 1. The zero-order valence-corrected chi connectivity index (χ0v) is 9.78. The van der Waals surface area contributed by atoms with Crippen LogP contribution in [0, 0.1) is 24.1 Å². The van der Waals surface area contributed by atoms with Crippen molar-refractivity contribution in [1.82, 2.24) is 9.97 Å². The highest BCUT2D eigenvalue weighted by molar-refractivity contribution is 5.79. The van der Waals surface area contributed by atoms with Crippen LogP contribution in [0.5, 0.6) is 0 Å². The number of nitrogens with one attached hydrogen (secondary N) is 1. The van der Waals surface area contributed by atoms with Crippen molar-refractivity contribution in [3.8, 4) is 0 Å². The Bertz CT molecular complexity index is 426. The Labute approximate surface area is 99.4 Å². The molecule has 6 heteroatoms. The van der Waals surface area contributed by atoms with Gasteiger partial charge < -0.3 is 10.6 Å². The first-order valence-electron chi connectivity index (χ1n) is 5.65. The van der Waals surface area contributed by atoms with E-state index in [1.54, 1.807) is 6.92 Å². The van der Waals surface area contributed by atoms with Crippen molar-refractivity contribution in [3.63, 3.8) is 0 Å². The number of amidine groups is 1. The maximum atomic E-state index is 13.8. The number of piperidine rings is 1. The third-order valence-electron chi connectivity index (χ3n) is 3.18. The number of hydrogen-bond donors (Lipinski definition) is 2. The predicted octanol–water partition coefficient (Wildman–Crippen LogP) is 1.08. The molecule has 0 aliphatic carbocycles. The van der Waals surface area contributed by atoms with Crippen LogP contribution < -0.4 is 10.6 Å². The van der Waals surface area contributed by atoms with E-state index in [-0.39, 0.29) is 17.6 Å². The van der Waals surface area contributed by atoms with E-state index >= 15 is 0 Å². The Morgan fingerprint density at radius 3 is 2.71 bits per heavy atom. The van der Waals surface area contributed by atoms with Crippen molar-refractivity contribution < 1.29 is 4.39 Å². The summed E-state index contributed by atoms with van der Waals surface area (Å²) in [6.45, 7) is 2.98. The lowest BCUT2D eigenvalue weighted by molar-refractivity contribution is 0.484. The number of nitrogens with two attached hydrogens (primary N) is 1. The molecule has 2 rings (SSSR count). The molecular formula is C11H16FN5. The molecule has 1 aromatic heterocycles. The van der Waals surface area contributed by atoms with Crippen LogP contribution in [-0.4, -0.2) is 28.9 Å². The predicted molar refractivity (Wildman–Crippen MR) is 63.6 cm³/mol. The zero-order valence-electron chi connectivity index (χ0n) is 9.78. The molecule has 0 bridgehead atoms. The quantitative estimate of drug-likeness (QED) is 0.596. The smallest absolute Gasteiger partial charge is 0.186 e. The van der Waals surface area contributed by atoms with Crippen molar-refractivity contribution >= 4 is 11.7 Å². The maximum absolute atomic E-state index is 13.8. The van der Waals surface area contributed by atoms with Crippen LogP contribution >= 0.6 is 0 Å². The average Bonchev–Trinajstić information content (AvgIpc) is 2.33. The van der Waals surface area contributed by atoms with Crippen molar-refractivity contribution in [3.05, 3.63) is 17.8 Å². The molecule has 1 aliphatic rings. The summed E-state index contributed by atoms with van der Waals surface area (Å²) in [5, 5.41) is 7.40. The van der Waals surface area contributed by atoms with Crippen LogP contribution in [0.15, 0.2) is 6.33 Å². The van der Waals surface area contributed by atoms with Gasteiger partial charge in [0.2, 0.25) is 0 Å². The molecule has 0 spiro atoms. The standard InChI is InChI=1S/C11H16FN5/c1-7-9(12)11(16-6-15-7)17-4-2-8(3-5-17)10(13)14/h6,8H,2-5H2,1H3,(H3,13,14). The van der Waals surface area contributed by atoms with Gasteiger partial charge in [0, 0.05) is 19.0 Å². The fourth-order valence-electron chi connectivity index (χ4n) is 2.07. The first-order chi connectivity index (χ1) is 8.09. The van der Waals surface area contributed by atoms with E-state index in [4.69, 9.17) is 11.1 Å². The fraction of sp³-hybridized carbons (Fsp3) is 0.545. The molecule has 0 radical (unpaired) electrons. The van der Waals surface area contributed by atoms with Crippen LogP contribution in [0.25, 0.3) is 0 Å². The van der Waals surface area contributed by atoms with E-state index in [1.807, 2.05) is 4.90 Å². The Morgan fingerprint density at radius 1 is 1.47 bits per heavy atom. The van der Waals surface area contributed by atoms with E-state index < -0.39 is 0 Å². The van der Waals surface area contributed by atoms with Crippen molar-refractivity contribution in [2.75, 3.05) is 18.0 Å². The molecule has 0 atom stereocenters. The molecule has 1 fully saturated rings. The average molecular weight is 237 g/mol. The van der Waals surface area contributed by atoms with Crippen LogP contribution in [0.3, 0.4) is 0 Å². The van der Waals surface area contributed by atoms with Crippen molar-refractivity contribution in [1.29, 1.82) is 5.41 Å². The molecule has 3 N–H and O–H groups in total. The number of nitrogens with zero attached hydrogens (tertiary/aromatic N) is 3. The lowest BCUT2D eigenvalue weighted by Gasteiger charge is -2.32. The fourth-order valence-corrected chi connectivity index (χ4v) is 2.07. The molecule has 0 amide bonds. The first-order valence-corrected chi connectivity index (χ1v) is 5.65. The molecule has 1 aromatic rings. The number of hydrogen-bond acceptors (Lipinski definition) is 4. The molecule has 1 aliphatic heterocycles. The van der Waals surface area contributed by atoms with E-state index in [9.17, 15) is 4.39 Å². The second kappa shape index (κ2) is 4.65. The summed E-state index contributed by atoms with van der Waals surface area (Å²) >= 11 is 0. The third kappa shape index (κ3) is 2.35. The van der Waals surface area contributed by atoms with Gasteiger partial charge in [0.05, 0.1) is 11.5 Å². The maximum Gasteiger partial charge on any atom is 0.186 e. The molecule has 5 nitrogen and oxygen atoms in total. The SMILES string of the molecule is Cc1ncnc(N2CCC(C(=N)N)CC2)c1F. The molecule has 17 heavy (non-hydrogen) atoms. The topological polar surface area (TPSA) is 78.9 Å². The summed E-state index contributed by atoms with van der Waals surface area (Å²) in [7, 11) is 0. The minimum Gasteiger partial charge on any atom is -0.387 e. The Balaban J connectivity index is 2.10. The normalized spacial score (nSPS) is 17.2. The first kappa shape index (κ1) is 11.8. The summed E-state index contributed by atoms with van der Waals surface area (Å²) in [4.78, 5) is 9.69. The van der Waals surface area contributed by atoms with Crippen LogP contribution in [-0.2, 0) is 0 Å². The molecule has 0 saturated carbocycles. The van der Waals surface area contributed by atoms with Gasteiger partial charge in [-0.05, 0) is 19.8 Å². The number of aryl methyl sites for hydroxylation is 1. The van der Waals surface area contributed by atoms with Gasteiger partial charge in [0.1, 0.15) is 6.33 Å². The highest BCUT2D eigenvalue weighted by atomic mass is 19.1. The van der Waals surface area contributed by atoms with Gasteiger partial charge in [-0.3, -0.25) is 5.41 Å². The Kier molecular flexibility index (Phi) is 3.21. The van der Waals surface area contributed by atoms with Crippen LogP contribution in [0.4, 0.5) is 10.2 Å². The number of anilines is 1. The Hall–Kier alpha value is -1.72. The number of aromatic nitrogens is 2.